The number of likely N-dealkylation sites (tertiary alicyclic amines) is 1. The zero-order chi connectivity index (χ0) is 30.7. The molecule has 5 rings (SSSR count). The minimum absolute atomic E-state index is 0.104. The van der Waals surface area contributed by atoms with Crippen LogP contribution in [0.4, 0.5) is 0 Å². The van der Waals surface area contributed by atoms with Crippen LogP contribution >= 0.6 is 0 Å². The molecule has 1 aliphatic heterocycles. The van der Waals surface area contributed by atoms with Crippen LogP contribution < -0.4 is 14.2 Å². The third kappa shape index (κ3) is 7.70. The van der Waals surface area contributed by atoms with Crippen molar-refractivity contribution in [3.63, 3.8) is 0 Å². The molecular formula is C36H40N2O6. The minimum Gasteiger partial charge on any atom is -0.493 e. The van der Waals surface area contributed by atoms with E-state index in [4.69, 9.17) is 23.5 Å². The number of β-amino-alcohol motifs (C(OH)–C–C–N with tert-alkyl or cyclic N) is 1. The summed E-state index contributed by atoms with van der Waals surface area (Å²) in [5.41, 5.74) is 6.26. The van der Waals surface area contributed by atoms with Crippen molar-refractivity contribution in [1.82, 2.24) is 10.1 Å². The van der Waals surface area contributed by atoms with Crippen LogP contribution in [0.5, 0.6) is 17.2 Å². The lowest BCUT2D eigenvalue weighted by Crippen LogP contribution is -2.38. The Bertz CT molecular complexity index is 1510. The van der Waals surface area contributed by atoms with E-state index in [2.05, 4.69) is 58.6 Å². The van der Waals surface area contributed by atoms with Crippen molar-refractivity contribution in [2.75, 3.05) is 41.0 Å². The highest BCUT2D eigenvalue weighted by Gasteiger charge is 2.24. The normalized spacial score (nSPS) is 14.1. The molecule has 230 valence electrons. The number of nitrogens with zero attached hydrogens (tertiary/aromatic N) is 2. The molecule has 1 aromatic heterocycles. The van der Waals surface area contributed by atoms with Gasteiger partial charge in [-0.3, -0.25) is 0 Å². The Balaban J connectivity index is 1.37. The van der Waals surface area contributed by atoms with Crippen LogP contribution in [0.1, 0.15) is 47.4 Å². The first-order chi connectivity index (χ1) is 21.6. The quantitative estimate of drug-likeness (QED) is 0.183. The zero-order valence-electron chi connectivity index (χ0n) is 25.6. The van der Waals surface area contributed by atoms with Gasteiger partial charge in [-0.1, -0.05) is 65.8 Å². The Labute approximate surface area is 259 Å². The predicted octanol–water partition coefficient (Wildman–Crippen LogP) is 6.69. The SMILES string of the molecule is COCc1cc(C=Cc2cc(OC)c(OC)cc2OCC(O)CN2CCCCC2=C(c2ccccc2)c2ccccc2)on1. The topological polar surface area (TPSA) is 86.4 Å². The van der Waals surface area contributed by atoms with Crippen molar-refractivity contribution in [3.8, 4) is 17.2 Å². The van der Waals surface area contributed by atoms with E-state index in [1.54, 1.807) is 33.5 Å². The van der Waals surface area contributed by atoms with Crippen LogP contribution in [-0.4, -0.2) is 62.3 Å². The lowest BCUT2D eigenvalue weighted by atomic mass is 9.91. The Morgan fingerprint density at radius 3 is 2.23 bits per heavy atom. The standard InChI is InChI=1S/C36H40N2O6/c1-40-24-29-21-31(44-37-29)18-17-28-20-34(41-2)35(42-3)22-33(28)43-25-30(39)23-38-19-11-10-16-32(38)36(26-12-6-4-7-13-26)27-14-8-5-9-15-27/h4-9,12-15,17-18,20-22,30,39H,10-11,16,19,23-25H2,1-3H3. The fraction of sp³-hybridized carbons (Fsp3) is 0.306. The van der Waals surface area contributed by atoms with Gasteiger partial charge in [-0.15, -0.1) is 0 Å². The summed E-state index contributed by atoms with van der Waals surface area (Å²) < 4.78 is 27.8. The molecule has 1 saturated heterocycles. The molecule has 0 spiro atoms. The van der Waals surface area contributed by atoms with Gasteiger partial charge in [0.15, 0.2) is 17.3 Å². The Morgan fingerprint density at radius 1 is 0.886 bits per heavy atom. The van der Waals surface area contributed by atoms with Gasteiger partial charge in [0.25, 0.3) is 0 Å². The highest BCUT2D eigenvalue weighted by atomic mass is 16.5. The summed E-state index contributed by atoms with van der Waals surface area (Å²) in [6.07, 6.45) is 6.07. The van der Waals surface area contributed by atoms with E-state index in [-0.39, 0.29) is 6.61 Å². The molecule has 44 heavy (non-hydrogen) atoms. The Kier molecular flexibility index (Phi) is 10.7. The van der Waals surface area contributed by atoms with E-state index in [0.717, 1.165) is 31.4 Å². The van der Waals surface area contributed by atoms with Crippen molar-refractivity contribution in [1.29, 1.82) is 0 Å². The number of ether oxygens (including phenoxy) is 4. The van der Waals surface area contributed by atoms with Crippen LogP contribution in [-0.2, 0) is 11.3 Å². The van der Waals surface area contributed by atoms with Crippen molar-refractivity contribution in [2.45, 2.75) is 32.0 Å². The van der Waals surface area contributed by atoms with Gasteiger partial charge in [-0.2, -0.15) is 0 Å². The lowest BCUT2D eigenvalue weighted by Gasteiger charge is -2.35. The molecule has 0 radical (unpaired) electrons. The number of aliphatic hydroxyl groups excluding tert-OH is 1. The Morgan fingerprint density at radius 2 is 1.57 bits per heavy atom. The molecule has 0 saturated carbocycles. The van der Waals surface area contributed by atoms with Crippen molar-refractivity contribution in [3.05, 3.63) is 113 Å². The number of rotatable bonds is 13. The van der Waals surface area contributed by atoms with Crippen molar-refractivity contribution >= 4 is 17.7 Å². The number of aliphatic hydroxyl groups is 1. The number of hydrogen-bond acceptors (Lipinski definition) is 8. The number of piperidine rings is 1. The highest BCUT2D eigenvalue weighted by molar-refractivity contribution is 5.82. The van der Waals surface area contributed by atoms with Gasteiger partial charge >= 0.3 is 0 Å². The average molecular weight is 597 g/mol. The van der Waals surface area contributed by atoms with Gasteiger partial charge in [-0.05, 0) is 48.6 Å². The van der Waals surface area contributed by atoms with Crippen LogP contribution in [0.25, 0.3) is 17.7 Å². The first-order valence-corrected chi connectivity index (χ1v) is 14.9. The summed E-state index contributed by atoms with van der Waals surface area (Å²) in [6.45, 7) is 1.80. The molecule has 8 nitrogen and oxygen atoms in total. The molecule has 0 aliphatic carbocycles. The monoisotopic (exact) mass is 596 g/mol. The fourth-order valence-electron chi connectivity index (χ4n) is 5.50. The first-order valence-electron chi connectivity index (χ1n) is 14.9. The van der Waals surface area contributed by atoms with Crippen LogP contribution in [0.15, 0.2) is 89.1 Å². The molecule has 1 fully saturated rings. The second-order valence-electron chi connectivity index (χ2n) is 10.7. The molecule has 8 heteroatoms. The number of aromatic nitrogens is 1. The maximum atomic E-state index is 11.3. The van der Waals surface area contributed by atoms with Gasteiger partial charge in [0, 0.05) is 49.2 Å². The fourth-order valence-corrected chi connectivity index (χ4v) is 5.50. The molecule has 1 N–H and O–H groups in total. The average Bonchev–Trinajstić information content (AvgIpc) is 3.52. The number of methoxy groups -OCH3 is 3. The summed E-state index contributed by atoms with van der Waals surface area (Å²) in [7, 11) is 4.78. The van der Waals surface area contributed by atoms with Gasteiger partial charge in [0.2, 0.25) is 0 Å². The molecule has 1 aliphatic rings. The number of allylic oxidation sites excluding steroid dienone is 1. The summed E-state index contributed by atoms with van der Waals surface area (Å²) in [6, 6.07) is 26.4. The molecule has 4 aromatic rings. The summed E-state index contributed by atoms with van der Waals surface area (Å²) in [5.74, 6) is 2.23. The second kappa shape index (κ2) is 15.3. The van der Waals surface area contributed by atoms with E-state index in [1.165, 1.54) is 22.4 Å². The summed E-state index contributed by atoms with van der Waals surface area (Å²) >= 11 is 0. The zero-order valence-corrected chi connectivity index (χ0v) is 25.6. The molecule has 0 amide bonds. The van der Waals surface area contributed by atoms with E-state index in [9.17, 15) is 5.11 Å². The van der Waals surface area contributed by atoms with E-state index < -0.39 is 6.10 Å². The van der Waals surface area contributed by atoms with Gasteiger partial charge in [-0.25, -0.2) is 0 Å². The maximum Gasteiger partial charge on any atom is 0.164 e. The number of benzene rings is 3. The third-order valence-corrected chi connectivity index (χ3v) is 7.56. The minimum atomic E-state index is -0.730. The summed E-state index contributed by atoms with van der Waals surface area (Å²) in [5, 5.41) is 15.3. The smallest absolute Gasteiger partial charge is 0.164 e. The highest BCUT2D eigenvalue weighted by Crippen LogP contribution is 2.37. The molecule has 3 aromatic carbocycles. The van der Waals surface area contributed by atoms with Crippen molar-refractivity contribution in [2.24, 2.45) is 0 Å². The van der Waals surface area contributed by atoms with Crippen molar-refractivity contribution < 1.29 is 28.6 Å². The van der Waals surface area contributed by atoms with Crippen LogP contribution in [0.3, 0.4) is 0 Å². The molecular weight excluding hydrogens is 556 g/mol. The Hall–Kier alpha value is -4.53. The van der Waals surface area contributed by atoms with E-state index >= 15 is 0 Å². The number of hydrogen-bond donors (Lipinski definition) is 1. The van der Waals surface area contributed by atoms with Gasteiger partial charge in [0.1, 0.15) is 24.2 Å². The largest absolute Gasteiger partial charge is 0.493 e. The van der Waals surface area contributed by atoms with Crippen LogP contribution in [0.2, 0.25) is 0 Å². The van der Waals surface area contributed by atoms with Gasteiger partial charge in [0.05, 0.1) is 20.8 Å². The third-order valence-electron chi connectivity index (χ3n) is 7.56. The predicted molar refractivity (Wildman–Crippen MR) is 172 cm³/mol. The van der Waals surface area contributed by atoms with E-state index in [1.807, 2.05) is 30.3 Å². The molecule has 2 heterocycles. The molecule has 1 unspecified atom stereocenters. The first kappa shape index (κ1) is 30.9. The van der Waals surface area contributed by atoms with Crippen LogP contribution in [0, 0.1) is 0 Å². The lowest BCUT2D eigenvalue weighted by molar-refractivity contribution is 0.0737. The van der Waals surface area contributed by atoms with E-state index in [0.29, 0.717) is 41.9 Å². The van der Waals surface area contributed by atoms with Gasteiger partial charge < -0.3 is 33.5 Å². The summed E-state index contributed by atoms with van der Waals surface area (Å²) in [4.78, 5) is 2.32. The maximum absolute atomic E-state index is 11.3. The molecule has 1 atom stereocenters. The second-order valence-corrected chi connectivity index (χ2v) is 10.7. The molecule has 0 bridgehead atoms.